The summed E-state index contributed by atoms with van der Waals surface area (Å²) in [5.74, 6) is -1.05. The second-order valence-electron chi connectivity index (χ2n) is 5.52. The van der Waals surface area contributed by atoms with E-state index in [-0.39, 0.29) is 5.82 Å². The van der Waals surface area contributed by atoms with Crippen LogP contribution >= 0.6 is 12.2 Å². The molecule has 2 aromatic heterocycles. The van der Waals surface area contributed by atoms with Gasteiger partial charge in [0.1, 0.15) is 0 Å². The van der Waals surface area contributed by atoms with E-state index in [1.54, 1.807) is 24.3 Å². The number of para-hydroxylation sites is 1. The van der Waals surface area contributed by atoms with Gasteiger partial charge in [0.25, 0.3) is 10.4 Å². The predicted molar refractivity (Wildman–Crippen MR) is 101 cm³/mol. The molecule has 0 aliphatic carbocycles. The molecule has 0 saturated heterocycles. The standard InChI is InChI=1S/C9H6N2O3.C9H8N2OS/c12-8-5-3-1-2-4-6(5)10-7(11-8)9(13)14;1-6-2-4-7(5-3-6)8-10-11-9(13)12-8/h1-4H,(H,13,14)(H,10,11,12);2-5H,1H3,(H,11,13). The highest BCUT2D eigenvalue weighted by molar-refractivity contribution is 7.71. The van der Waals surface area contributed by atoms with Gasteiger partial charge >= 0.3 is 5.97 Å². The number of fused-ring (bicyclic) bond motifs is 1. The third-order valence-corrected chi connectivity index (χ3v) is 3.73. The number of aromatic carboxylic acids is 1. The number of aromatic amines is 2. The van der Waals surface area contributed by atoms with Crippen LogP contribution in [0.3, 0.4) is 0 Å². The molecule has 9 heteroatoms. The maximum absolute atomic E-state index is 11.3. The number of H-pyrrole nitrogens is 2. The van der Waals surface area contributed by atoms with Crippen molar-refractivity contribution < 1.29 is 14.3 Å². The smallest absolute Gasteiger partial charge is 0.372 e. The van der Waals surface area contributed by atoms with Crippen LogP contribution in [0.25, 0.3) is 22.4 Å². The quantitative estimate of drug-likeness (QED) is 0.454. The van der Waals surface area contributed by atoms with Gasteiger partial charge in [-0.1, -0.05) is 29.8 Å². The van der Waals surface area contributed by atoms with Gasteiger partial charge in [0.15, 0.2) is 0 Å². The number of carboxylic acids is 1. The third kappa shape index (κ3) is 4.33. The van der Waals surface area contributed by atoms with Gasteiger partial charge in [-0.15, -0.1) is 5.10 Å². The normalized spacial score (nSPS) is 10.3. The van der Waals surface area contributed by atoms with E-state index < -0.39 is 11.5 Å². The van der Waals surface area contributed by atoms with Crippen molar-refractivity contribution in [3.05, 3.63) is 75.1 Å². The topological polar surface area (TPSA) is 125 Å². The van der Waals surface area contributed by atoms with Crippen molar-refractivity contribution >= 4 is 29.1 Å². The van der Waals surface area contributed by atoms with Crippen molar-refractivity contribution in [3.8, 4) is 11.5 Å². The van der Waals surface area contributed by atoms with Crippen molar-refractivity contribution in [1.82, 2.24) is 20.2 Å². The lowest BCUT2D eigenvalue weighted by Gasteiger charge is -1.97. The molecule has 0 spiro atoms. The lowest BCUT2D eigenvalue weighted by atomic mass is 10.1. The molecule has 4 rings (SSSR count). The number of benzene rings is 2. The highest BCUT2D eigenvalue weighted by atomic mass is 32.1. The van der Waals surface area contributed by atoms with Gasteiger partial charge in [-0.3, -0.25) is 4.79 Å². The second-order valence-corrected chi connectivity index (χ2v) is 5.89. The summed E-state index contributed by atoms with van der Waals surface area (Å²) in [6.45, 7) is 2.03. The van der Waals surface area contributed by atoms with E-state index in [1.165, 1.54) is 5.56 Å². The number of aromatic nitrogens is 4. The zero-order valence-corrected chi connectivity index (χ0v) is 14.9. The van der Waals surface area contributed by atoms with E-state index in [4.69, 9.17) is 21.7 Å². The minimum Gasteiger partial charge on any atom is -0.475 e. The minimum absolute atomic E-state index is 0.301. The van der Waals surface area contributed by atoms with E-state index in [2.05, 4.69) is 20.2 Å². The van der Waals surface area contributed by atoms with Gasteiger partial charge in [-0.05, 0) is 43.4 Å². The van der Waals surface area contributed by atoms with Crippen LogP contribution in [0.4, 0.5) is 0 Å². The molecule has 8 nitrogen and oxygen atoms in total. The van der Waals surface area contributed by atoms with Gasteiger partial charge < -0.3 is 14.5 Å². The van der Waals surface area contributed by atoms with Crippen LogP contribution in [0.15, 0.2) is 57.7 Å². The summed E-state index contributed by atoms with van der Waals surface area (Å²) in [4.78, 5) is 28.2. The molecule has 3 N–H and O–H groups in total. The summed E-state index contributed by atoms with van der Waals surface area (Å²) < 4.78 is 5.16. The van der Waals surface area contributed by atoms with Crippen LogP contribution in [0.1, 0.15) is 16.2 Å². The molecule has 0 aliphatic heterocycles. The average molecular weight is 382 g/mol. The highest BCUT2D eigenvalue weighted by Gasteiger charge is 2.08. The molecule has 2 heterocycles. The lowest BCUT2D eigenvalue weighted by Crippen LogP contribution is -2.15. The first-order valence-corrected chi connectivity index (χ1v) is 8.20. The SMILES string of the molecule is Cc1ccc(-c2n[nH]c(=S)o2)cc1.O=C(O)c1nc2ccccc2c(=O)[nH]1. The van der Waals surface area contributed by atoms with Crippen LogP contribution in [0.5, 0.6) is 0 Å². The van der Waals surface area contributed by atoms with Crippen LogP contribution in [0.2, 0.25) is 0 Å². The van der Waals surface area contributed by atoms with E-state index in [1.807, 2.05) is 31.2 Å². The fourth-order valence-electron chi connectivity index (χ4n) is 2.24. The maximum Gasteiger partial charge on any atom is 0.372 e. The number of aryl methyl sites for hydroxylation is 1. The van der Waals surface area contributed by atoms with Gasteiger partial charge in [0.05, 0.1) is 10.9 Å². The number of rotatable bonds is 2. The zero-order chi connectivity index (χ0) is 19.4. The fourth-order valence-corrected chi connectivity index (χ4v) is 2.36. The average Bonchev–Trinajstić information content (AvgIpc) is 3.09. The first kappa shape index (κ1) is 18.2. The summed E-state index contributed by atoms with van der Waals surface area (Å²) in [7, 11) is 0. The Morgan fingerprint density at radius 3 is 2.48 bits per heavy atom. The van der Waals surface area contributed by atoms with Crippen LogP contribution in [0, 0.1) is 11.8 Å². The number of carboxylic acid groups (broad SMARTS) is 1. The minimum atomic E-state index is -1.24. The number of nitrogens with one attached hydrogen (secondary N) is 2. The van der Waals surface area contributed by atoms with Gasteiger partial charge in [-0.2, -0.15) is 0 Å². The highest BCUT2D eigenvalue weighted by Crippen LogP contribution is 2.16. The second kappa shape index (κ2) is 7.75. The Hall–Kier alpha value is -3.59. The number of nitrogens with zero attached hydrogens (tertiary/aromatic N) is 2. The molecule has 0 radical (unpaired) electrons. The third-order valence-electron chi connectivity index (χ3n) is 3.55. The zero-order valence-electron chi connectivity index (χ0n) is 14.1. The molecule has 0 bridgehead atoms. The van der Waals surface area contributed by atoms with Crippen molar-refractivity contribution in [2.45, 2.75) is 6.92 Å². The van der Waals surface area contributed by atoms with E-state index in [0.29, 0.717) is 21.6 Å². The summed E-state index contributed by atoms with van der Waals surface area (Å²) in [5, 5.41) is 15.5. The molecule has 0 fully saturated rings. The Bertz CT molecular complexity index is 1210. The Labute approximate surface area is 157 Å². The molecular weight excluding hydrogens is 368 g/mol. The molecule has 2 aromatic carbocycles. The Morgan fingerprint density at radius 1 is 1.15 bits per heavy atom. The first-order valence-electron chi connectivity index (χ1n) is 7.79. The number of carbonyl (C=O) groups is 1. The molecule has 136 valence electrons. The number of hydrogen-bond acceptors (Lipinski definition) is 6. The van der Waals surface area contributed by atoms with E-state index in [0.717, 1.165) is 5.56 Å². The fraction of sp³-hybridized carbons (Fsp3) is 0.0556. The Balaban J connectivity index is 0.000000156. The summed E-state index contributed by atoms with van der Waals surface area (Å²) in [6, 6.07) is 14.5. The van der Waals surface area contributed by atoms with Gasteiger partial charge in [-0.25, -0.2) is 14.9 Å². The Kier molecular flexibility index (Phi) is 5.23. The van der Waals surface area contributed by atoms with Crippen molar-refractivity contribution in [3.63, 3.8) is 0 Å². The van der Waals surface area contributed by atoms with Crippen LogP contribution in [-0.2, 0) is 0 Å². The molecule has 0 amide bonds. The maximum atomic E-state index is 11.3. The van der Waals surface area contributed by atoms with Gasteiger partial charge in [0, 0.05) is 5.56 Å². The molecular formula is C18H14N4O4S. The number of hydrogen-bond donors (Lipinski definition) is 3. The molecule has 27 heavy (non-hydrogen) atoms. The van der Waals surface area contributed by atoms with Crippen molar-refractivity contribution in [1.29, 1.82) is 0 Å². The largest absolute Gasteiger partial charge is 0.475 e. The molecule has 0 aliphatic rings. The van der Waals surface area contributed by atoms with Gasteiger partial charge in [0.2, 0.25) is 11.7 Å². The molecule has 0 saturated carbocycles. The van der Waals surface area contributed by atoms with Crippen LogP contribution in [-0.4, -0.2) is 31.2 Å². The van der Waals surface area contributed by atoms with Crippen LogP contribution < -0.4 is 5.56 Å². The predicted octanol–water partition coefficient (Wildman–Crippen LogP) is 3.33. The summed E-state index contributed by atoms with van der Waals surface area (Å²) >= 11 is 4.77. The molecule has 4 aromatic rings. The lowest BCUT2D eigenvalue weighted by molar-refractivity contribution is 0.0683. The van der Waals surface area contributed by atoms with E-state index >= 15 is 0 Å². The molecule has 0 unspecified atom stereocenters. The van der Waals surface area contributed by atoms with Crippen molar-refractivity contribution in [2.75, 3.05) is 0 Å². The first-order chi connectivity index (χ1) is 12.9. The Morgan fingerprint density at radius 2 is 1.85 bits per heavy atom. The van der Waals surface area contributed by atoms with E-state index in [9.17, 15) is 9.59 Å². The van der Waals surface area contributed by atoms with Crippen molar-refractivity contribution in [2.24, 2.45) is 0 Å². The summed E-state index contributed by atoms with van der Waals surface area (Å²) in [5.41, 5.74) is 2.08. The molecule has 0 atom stereocenters. The monoisotopic (exact) mass is 382 g/mol. The summed E-state index contributed by atoms with van der Waals surface area (Å²) in [6.07, 6.45) is 0.